The van der Waals surface area contributed by atoms with Crippen LogP contribution in [-0.2, 0) is 0 Å². The van der Waals surface area contributed by atoms with Crippen molar-refractivity contribution < 1.29 is 9.53 Å². The molecule has 0 amide bonds. The van der Waals surface area contributed by atoms with E-state index in [0.717, 1.165) is 31.7 Å². The quantitative estimate of drug-likeness (QED) is 0.811. The zero-order chi connectivity index (χ0) is 19.6. The summed E-state index contributed by atoms with van der Waals surface area (Å²) in [4.78, 5) is 24.8. The number of anilines is 2. The molecule has 1 aromatic carbocycles. The van der Waals surface area contributed by atoms with Gasteiger partial charge in [0, 0.05) is 24.7 Å². The summed E-state index contributed by atoms with van der Waals surface area (Å²) in [7, 11) is 4.24. The number of ether oxygens (including phenoxy) is 1. The molecule has 1 aromatic heterocycles. The number of Topliss-reactive ketones (excluding diaryl/α,β-unsaturated/α-hetero) is 1. The Balaban J connectivity index is 1.80. The molecule has 0 radical (unpaired) electrons. The van der Waals surface area contributed by atoms with Gasteiger partial charge >= 0.3 is 0 Å². The second-order valence-electron chi connectivity index (χ2n) is 7.18. The lowest BCUT2D eigenvalue weighted by Crippen LogP contribution is -2.42. The highest BCUT2D eigenvalue weighted by atomic mass is 16.5. The van der Waals surface area contributed by atoms with Crippen LogP contribution >= 0.6 is 0 Å². The first-order valence-electron chi connectivity index (χ1n) is 9.19. The van der Waals surface area contributed by atoms with Crippen LogP contribution in [0, 0.1) is 6.92 Å². The Morgan fingerprint density at radius 1 is 1.19 bits per heavy atom. The van der Waals surface area contributed by atoms with Crippen LogP contribution < -0.4 is 15.4 Å². The van der Waals surface area contributed by atoms with Gasteiger partial charge in [0.05, 0.1) is 0 Å². The summed E-state index contributed by atoms with van der Waals surface area (Å²) in [5.74, 6) is 2.30. The average molecular weight is 369 g/mol. The minimum atomic E-state index is 0.0161. The molecule has 1 fully saturated rings. The molecule has 27 heavy (non-hydrogen) atoms. The molecule has 0 bridgehead atoms. The van der Waals surface area contributed by atoms with Gasteiger partial charge < -0.3 is 20.3 Å². The average Bonchev–Trinajstić information content (AvgIpc) is 2.65. The normalized spacial score (nSPS) is 15.2. The molecule has 0 atom stereocenters. The fraction of sp³-hybridized carbons (Fsp3) is 0.450. The molecule has 144 valence electrons. The predicted molar refractivity (Wildman–Crippen MR) is 107 cm³/mol. The minimum Gasteiger partial charge on any atom is -0.437 e. The number of carbonyl (C=O) groups excluding carboxylic acids is 1. The van der Waals surface area contributed by atoms with Gasteiger partial charge in [0.2, 0.25) is 5.88 Å². The molecule has 0 spiro atoms. The lowest BCUT2D eigenvalue weighted by atomic mass is 10.0. The fourth-order valence-electron chi connectivity index (χ4n) is 3.32. The maximum absolute atomic E-state index is 11.4. The lowest BCUT2D eigenvalue weighted by Gasteiger charge is -2.36. The molecule has 0 unspecified atom stereocenters. The molecule has 1 aliphatic heterocycles. The van der Waals surface area contributed by atoms with E-state index in [2.05, 4.69) is 33.9 Å². The van der Waals surface area contributed by atoms with Crippen molar-refractivity contribution in [1.29, 1.82) is 0 Å². The molecule has 7 nitrogen and oxygen atoms in total. The monoisotopic (exact) mass is 369 g/mol. The van der Waals surface area contributed by atoms with Gasteiger partial charge in [0.15, 0.2) is 11.6 Å². The van der Waals surface area contributed by atoms with Crippen LogP contribution in [0.1, 0.15) is 35.9 Å². The van der Waals surface area contributed by atoms with Gasteiger partial charge in [-0.2, -0.15) is 4.98 Å². The summed E-state index contributed by atoms with van der Waals surface area (Å²) in [5, 5.41) is 0. The number of ketones is 1. The van der Waals surface area contributed by atoms with Gasteiger partial charge in [-0.05, 0) is 65.0 Å². The first-order valence-corrected chi connectivity index (χ1v) is 9.19. The highest BCUT2D eigenvalue weighted by Gasteiger charge is 2.24. The van der Waals surface area contributed by atoms with Crippen molar-refractivity contribution in [3.63, 3.8) is 0 Å². The number of aromatic nitrogens is 2. The van der Waals surface area contributed by atoms with Crippen LogP contribution in [0.25, 0.3) is 0 Å². The maximum atomic E-state index is 11.4. The van der Waals surface area contributed by atoms with Crippen LogP contribution in [0.5, 0.6) is 11.6 Å². The Labute approximate surface area is 160 Å². The highest BCUT2D eigenvalue weighted by Crippen LogP contribution is 2.34. The number of nitrogen functional groups attached to an aromatic ring is 1. The summed E-state index contributed by atoms with van der Waals surface area (Å²) < 4.78 is 5.89. The molecule has 2 heterocycles. The lowest BCUT2D eigenvalue weighted by molar-refractivity contribution is 0.101. The smallest absolute Gasteiger partial charge is 0.248 e. The summed E-state index contributed by atoms with van der Waals surface area (Å²) in [6.45, 7) is 5.17. The number of hydrogen-bond acceptors (Lipinski definition) is 7. The Hall–Kier alpha value is -2.67. The van der Waals surface area contributed by atoms with Crippen molar-refractivity contribution in [2.45, 2.75) is 32.7 Å². The van der Waals surface area contributed by atoms with Crippen molar-refractivity contribution in [1.82, 2.24) is 14.9 Å². The standard InChI is InChI=1S/C20H27N5O2/c1-13(26)15-5-7-17(8-6-15)27-20-18(21)19(22-14(2)23-20)25-11-9-16(10-12-25)24(3)4/h5-8,16H,9-12,21H2,1-4H3. The maximum Gasteiger partial charge on any atom is 0.248 e. The van der Waals surface area contributed by atoms with Crippen molar-refractivity contribution in [2.75, 3.05) is 37.8 Å². The Morgan fingerprint density at radius 2 is 1.81 bits per heavy atom. The van der Waals surface area contributed by atoms with Crippen LogP contribution in [0.2, 0.25) is 0 Å². The summed E-state index contributed by atoms with van der Waals surface area (Å²) in [6, 6.07) is 7.54. The van der Waals surface area contributed by atoms with E-state index >= 15 is 0 Å². The van der Waals surface area contributed by atoms with Crippen LogP contribution in [0.4, 0.5) is 11.5 Å². The van der Waals surface area contributed by atoms with Crippen LogP contribution in [-0.4, -0.2) is 53.9 Å². The molecule has 0 saturated carbocycles. The first-order chi connectivity index (χ1) is 12.8. The molecule has 2 N–H and O–H groups in total. The van der Waals surface area contributed by atoms with E-state index in [1.54, 1.807) is 24.3 Å². The number of piperidine rings is 1. The molecule has 7 heteroatoms. The highest BCUT2D eigenvalue weighted by molar-refractivity contribution is 5.94. The number of carbonyl (C=O) groups is 1. The van der Waals surface area contributed by atoms with Crippen LogP contribution in [0.15, 0.2) is 24.3 Å². The van der Waals surface area contributed by atoms with Gasteiger partial charge in [-0.1, -0.05) is 0 Å². The third kappa shape index (κ3) is 4.36. The van der Waals surface area contributed by atoms with Crippen molar-refractivity contribution >= 4 is 17.3 Å². The molecular formula is C20H27N5O2. The van der Waals surface area contributed by atoms with Crippen molar-refractivity contribution in [3.8, 4) is 11.6 Å². The first kappa shape index (κ1) is 19.1. The zero-order valence-electron chi connectivity index (χ0n) is 16.4. The number of hydrogen-bond donors (Lipinski definition) is 1. The molecule has 3 rings (SSSR count). The van der Waals surface area contributed by atoms with E-state index in [0.29, 0.717) is 34.7 Å². The van der Waals surface area contributed by atoms with Crippen molar-refractivity contribution in [2.24, 2.45) is 0 Å². The molecule has 1 saturated heterocycles. The third-order valence-electron chi connectivity index (χ3n) is 4.97. The number of aryl methyl sites for hydroxylation is 1. The summed E-state index contributed by atoms with van der Waals surface area (Å²) >= 11 is 0. The zero-order valence-corrected chi connectivity index (χ0v) is 16.4. The minimum absolute atomic E-state index is 0.0161. The van der Waals surface area contributed by atoms with Gasteiger partial charge in [-0.3, -0.25) is 4.79 Å². The number of benzene rings is 1. The van der Waals surface area contributed by atoms with E-state index in [1.807, 2.05) is 6.92 Å². The second kappa shape index (κ2) is 7.92. The van der Waals surface area contributed by atoms with E-state index in [-0.39, 0.29) is 5.78 Å². The fourth-order valence-corrected chi connectivity index (χ4v) is 3.32. The number of nitrogens with two attached hydrogens (primary N) is 1. The van der Waals surface area contributed by atoms with E-state index in [4.69, 9.17) is 10.5 Å². The van der Waals surface area contributed by atoms with Gasteiger partial charge in [0.1, 0.15) is 17.3 Å². The van der Waals surface area contributed by atoms with Crippen molar-refractivity contribution in [3.05, 3.63) is 35.7 Å². The summed E-state index contributed by atoms with van der Waals surface area (Å²) in [6.07, 6.45) is 2.14. The topological polar surface area (TPSA) is 84.6 Å². The Bertz CT molecular complexity index is 812. The van der Waals surface area contributed by atoms with E-state index in [1.165, 1.54) is 6.92 Å². The van der Waals surface area contributed by atoms with Gasteiger partial charge in [0.25, 0.3) is 0 Å². The molecule has 1 aliphatic rings. The number of rotatable bonds is 5. The summed E-state index contributed by atoms with van der Waals surface area (Å²) in [5.41, 5.74) is 7.43. The third-order valence-corrected chi connectivity index (χ3v) is 4.97. The van der Waals surface area contributed by atoms with E-state index in [9.17, 15) is 4.79 Å². The van der Waals surface area contributed by atoms with Crippen LogP contribution in [0.3, 0.4) is 0 Å². The Kier molecular flexibility index (Phi) is 5.60. The second-order valence-corrected chi connectivity index (χ2v) is 7.18. The Morgan fingerprint density at radius 3 is 2.37 bits per heavy atom. The number of nitrogens with zero attached hydrogens (tertiary/aromatic N) is 4. The molecular weight excluding hydrogens is 342 g/mol. The van der Waals surface area contributed by atoms with Gasteiger partial charge in [-0.15, -0.1) is 0 Å². The SMILES string of the molecule is CC(=O)c1ccc(Oc2nc(C)nc(N3CCC(N(C)C)CC3)c2N)cc1. The van der Waals surface area contributed by atoms with E-state index < -0.39 is 0 Å². The molecule has 2 aromatic rings. The molecule has 0 aliphatic carbocycles. The largest absolute Gasteiger partial charge is 0.437 e. The van der Waals surface area contributed by atoms with Gasteiger partial charge in [-0.25, -0.2) is 4.98 Å². The predicted octanol–water partition coefficient (Wildman–Crippen LogP) is 2.89.